The maximum absolute atomic E-state index is 5.65. The van der Waals surface area contributed by atoms with Crippen molar-refractivity contribution in [1.82, 2.24) is 0 Å². The van der Waals surface area contributed by atoms with Gasteiger partial charge in [-0.15, -0.1) is 6.58 Å². The molecule has 0 amide bonds. The van der Waals surface area contributed by atoms with Crippen molar-refractivity contribution in [3.63, 3.8) is 0 Å². The highest BCUT2D eigenvalue weighted by atomic mass is 16.5. The summed E-state index contributed by atoms with van der Waals surface area (Å²) >= 11 is 0. The number of benzene rings is 1. The number of allylic oxidation sites excluding steroid dienone is 1. The number of aryl methyl sites for hydroxylation is 1. The van der Waals surface area contributed by atoms with Crippen LogP contribution in [0.1, 0.15) is 30.0 Å². The maximum atomic E-state index is 5.65. The molecule has 0 radical (unpaired) electrons. The molecule has 1 aromatic rings. The molecule has 92 valence electrons. The van der Waals surface area contributed by atoms with Gasteiger partial charge < -0.3 is 4.74 Å². The third kappa shape index (κ3) is 3.48. The summed E-state index contributed by atoms with van der Waals surface area (Å²) < 4.78 is 5.65. The molecule has 0 N–H and O–H groups in total. The summed E-state index contributed by atoms with van der Waals surface area (Å²) in [6.45, 7) is 12.4. The van der Waals surface area contributed by atoms with Gasteiger partial charge in [-0.25, -0.2) is 0 Å². The van der Waals surface area contributed by atoms with Crippen LogP contribution in [0.15, 0.2) is 37.4 Å². The molecule has 17 heavy (non-hydrogen) atoms. The lowest BCUT2D eigenvalue weighted by molar-refractivity contribution is 0.360. The van der Waals surface area contributed by atoms with Crippen LogP contribution in [-0.4, -0.2) is 6.61 Å². The van der Waals surface area contributed by atoms with Gasteiger partial charge in [0, 0.05) is 0 Å². The van der Waals surface area contributed by atoms with Crippen LogP contribution >= 0.6 is 0 Å². The lowest BCUT2D eigenvalue weighted by atomic mass is 9.95. The van der Waals surface area contributed by atoms with Crippen LogP contribution in [0.4, 0.5) is 0 Å². The predicted octanol–water partition coefficient (Wildman–Crippen LogP) is 4.24. The molecule has 0 atom stereocenters. The first-order valence-electron chi connectivity index (χ1n) is 6.20. The first-order chi connectivity index (χ1) is 8.24. The molecule has 0 aliphatic rings. The third-order valence-electron chi connectivity index (χ3n) is 2.87. The third-order valence-corrected chi connectivity index (χ3v) is 2.87. The second-order valence-electron chi connectivity index (χ2n) is 4.17. The van der Waals surface area contributed by atoms with Crippen molar-refractivity contribution in [2.75, 3.05) is 6.61 Å². The van der Waals surface area contributed by atoms with E-state index in [9.17, 15) is 0 Å². The highest BCUT2D eigenvalue weighted by Crippen LogP contribution is 2.26. The van der Waals surface area contributed by atoms with Gasteiger partial charge in [0.1, 0.15) is 12.4 Å². The van der Waals surface area contributed by atoms with Gasteiger partial charge in [0.25, 0.3) is 0 Å². The molecule has 0 heterocycles. The topological polar surface area (TPSA) is 9.23 Å². The standard InChI is InChI=1S/C16H22O/c1-5-8-14-10-11-16(17-12-7-3)13(4)15(14)9-6-2/h6-7,10-11H,2-3,5,8-9,12H2,1,4H3. The Bertz CT molecular complexity index is 391. The number of hydrogen-bond acceptors (Lipinski definition) is 1. The maximum Gasteiger partial charge on any atom is 0.122 e. The summed E-state index contributed by atoms with van der Waals surface area (Å²) in [5, 5.41) is 0. The smallest absolute Gasteiger partial charge is 0.122 e. The van der Waals surface area contributed by atoms with Crippen LogP contribution in [-0.2, 0) is 12.8 Å². The molecule has 0 fully saturated rings. The lowest BCUT2D eigenvalue weighted by Gasteiger charge is -2.15. The first kappa shape index (κ1) is 13.6. The zero-order chi connectivity index (χ0) is 12.7. The molecule has 0 aliphatic heterocycles. The van der Waals surface area contributed by atoms with Gasteiger partial charge in [-0.05, 0) is 42.5 Å². The minimum absolute atomic E-state index is 0.557. The van der Waals surface area contributed by atoms with Gasteiger partial charge in [0.05, 0.1) is 0 Å². The van der Waals surface area contributed by atoms with Crippen molar-refractivity contribution in [1.29, 1.82) is 0 Å². The van der Waals surface area contributed by atoms with Gasteiger partial charge in [-0.1, -0.05) is 38.1 Å². The van der Waals surface area contributed by atoms with Crippen LogP contribution in [0.25, 0.3) is 0 Å². The molecule has 0 aliphatic carbocycles. The van der Waals surface area contributed by atoms with Crippen LogP contribution < -0.4 is 4.74 Å². The van der Waals surface area contributed by atoms with Crippen LogP contribution in [0.2, 0.25) is 0 Å². The van der Waals surface area contributed by atoms with Gasteiger partial charge in [-0.2, -0.15) is 0 Å². The summed E-state index contributed by atoms with van der Waals surface area (Å²) in [4.78, 5) is 0. The summed E-state index contributed by atoms with van der Waals surface area (Å²) in [6.07, 6.45) is 6.92. The molecule has 0 saturated heterocycles. The van der Waals surface area contributed by atoms with E-state index >= 15 is 0 Å². The average Bonchev–Trinajstić information content (AvgIpc) is 2.33. The van der Waals surface area contributed by atoms with Crippen LogP contribution in [0.3, 0.4) is 0 Å². The number of hydrogen-bond donors (Lipinski definition) is 0. The molecular weight excluding hydrogens is 208 g/mol. The van der Waals surface area contributed by atoms with Gasteiger partial charge >= 0.3 is 0 Å². The van der Waals surface area contributed by atoms with Gasteiger partial charge in [-0.3, -0.25) is 0 Å². The summed E-state index contributed by atoms with van der Waals surface area (Å²) in [5.74, 6) is 0.960. The van der Waals surface area contributed by atoms with Crippen LogP contribution in [0, 0.1) is 6.92 Å². The molecule has 1 aromatic carbocycles. The lowest BCUT2D eigenvalue weighted by Crippen LogP contribution is -2.01. The van der Waals surface area contributed by atoms with Crippen molar-refractivity contribution in [3.8, 4) is 5.75 Å². The fraction of sp³-hybridized carbons (Fsp3) is 0.375. The van der Waals surface area contributed by atoms with E-state index in [1.54, 1.807) is 6.08 Å². The first-order valence-corrected chi connectivity index (χ1v) is 6.20. The Morgan fingerprint density at radius 2 is 2.00 bits per heavy atom. The second-order valence-corrected chi connectivity index (χ2v) is 4.17. The predicted molar refractivity (Wildman–Crippen MR) is 74.8 cm³/mol. The highest BCUT2D eigenvalue weighted by Gasteiger charge is 2.09. The van der Waals surface area contributed by atoms with E-state index in [2.05, 4.69) is 39.1 Å². The zero-order valence-corrected chi connectivity index (χ0v) is 11.0. The minimum Gasteiger partial charge on any atom is -0.489 e. The molecule has 0 saturated carbocycles. The molecule has 1 nitrogen and oxygen atoms in total. The van der Waals surface area contributed by atoms with E-state index in [4.69, 9.17) is 4.74 Å². The fourth-order valence-electron chi connectivity index (χ4n) is 2.03. The number of ether oxygens (including phenoxy) is 1. The zero-order valence-electron chi connectivity index (χ0n) is 11.0. The molecule has 0 aromatic heterocycles. The summed E-state index contributed by atoms with van der Waals surface area (Å²) in [5.41, 5.74) is 4.01. The van der Waals surface area contributed by atoms with E-state index in [0.717, 1.165) is 25.0 Å². The molecule has 0 unspecified atom stereocenters. The molecule has 1 rings (SSSR count). The van der Waals surface area contributed by atoms with E-state index in [-0.39, 0.29) is 0 Å². The average molecular weight is 230 g/mol. The van der Waals surface area contributed by atoms with E-state index in [0.29, 0.717) is 6.61 Å². The van der Waals surface area contributed by atoms with E-state index < -0.39 is 0 Å². The van der Waals surface area contributed by atoms with Crippen molar-refractivity contribution in [3.05, 3.63) is 54.1 Å². The summed E-state index contributed by atoms with van der Waals surface area (Å²) in [7, 11) is 0. The molecule has 0 spiro atoms. The van der Waals surface area contributed by atoms with E-state index in [1.165, 1.54) is 16.7 Å². The molecule has 0 bridgehead atoms. The van der Waals surface area contributed by atoms with Crippen LogP contribution in [0.5, 0.6) is 5.75 Å². The van der Waals surface area contributed by atoms with Crippen molar-refractivity contribution in [2.45, 2.75) is 33.1 Å². The second kappa shape index (κ2) is 6.95. The normalized spacial score (nSPS) is 10.0. The highest BCUT2D eigenvalue weighted by molar-refractivity contribution is 5.45. The summed E-state index contributed by atoms with van der Waals surface area (Å²) in [6, 6.07) is 4.24. The van der Waals surface area contributed by atoms with Gasteiger partial charge in [0.15, 0.2) is 0 Å². The Kier molecular flexibility index (Phi) is 5.55. The van der Waals surface area contributed by atoms with Crippen molar-refractivity contribution >= 4 is 0 Å². The molecule has 1 heteroatoms. The number of rotatable bonds is 7. The van der Waals surface area contributed by atoms with Crippen molar-refractivity contribution < 1.29 is 4.74 Å². The molecular formula is C16H22O. The Morgan fingerprint density at radius 3 is 2.59 bits per heavy atom. The van der Waals surface area contributed by atoms with Gasteiger partial charge in [0.2, 0.25) is 0 Å². The van der Waals surface area contributed by atoms with Crippen molar-refractivity contribution in [2.24, 2.45) is 0 Å². The Balaban J connectivity index is 3.07. The Labute approximate surface area is 105 Å². The SMILES string of the molecule is C=CCOc1ccc(CCC)c(CC=C)c1C. The minimum atomic E-state index is 0.557. The Morgan fingerprint density at radius 1 is 1.24 bits per heavy atom. The monoisotopic (exact) mass is 230 g/mol. The largest absolute Gasteiger partial charge is 0.489 e. The fourth-order valence-corrected chi connectivity index (χ4v) is 2.03. The van der Waals surface area contributed by atoms with E-state index in [1.807, 2.05) is 6.08 Å². The quantitative estimate of drug-likeness (QED) is 0.637. The Hall–Kier alpha value is -1.50.